The zero-order chi connectivity index (χ0) is 14.4. The third kappa shape index (κ3) is 4.43. The Labute approximate surface area is 123 Å². The molecule has 0 aliphatic rings. The molecule has 2 rings (SSSR count). The number of carbonyl (C=O) groups is 1. The van der Waals surface area contributed by atoms with Gasteiger partial charge in [-0.3, -0.25) is 4.79 Å². The van der Waals surface area contributed by atoms with Gasteiger partial charge in [-0.05, 0) is 19.7 Å². The molecule has 106 valence electrons. The van der Waals surface area contributed by atoms with Crippen molar-refractivity contribution in [3.05, 3.63) is 52.0 Å². The fourth-order valence-electron chi connectivity index (χ4n) is 1.75. The van der Waals surface area contributed by atoms with E-state index >= 15 is 0 Å². The average molecular weight is 289 g/mol. The van der Waals surface area contributed by atoms with Crippen molar-refractivity contribution in [3.63, 3.8) is 0 Å². The normalized spacial score (nSPS) is 10.8. The van der Waals surface area contributed by atoms with E-state index in [1.165, 1.54) is 16.9 Å². The molecule has 2 aromatic rings. The number of hydrogen-bond donors (Lipinski definition) is 1. The minimum Gasteiger partial charge on any atom is -0.349 e. The molecule has 0 bridgehead atoms. The second-order valence-corrected chi connectivity index (χ2v) is 5.79. The molecule has 0 aliphatic heterocycles. The number of carbonyl (C=O) groups excluding carboxylic acids is 1. The maximum Gasteiger partial charge on any atom is 0.270 e. The molecule has 1 N–H and O–H groups in total. The van der Waals surface area contributed by atoms with Gasteiger partial charge in [-0.2, -0.15) is 0 Å². The van der Waals surface area contributed by atoms with Crippen LogP contribution in [-0.2, 0) is 6.42 Å². The van der Waals surface area contributed by atoms with Gasteiger partial charge in [-0.1, -0.05) is 30.3 Å². The quantitative estimate of drug-likeness (QED) is 0.885. The molecule has 0 saturated carbocycles. The number of aromatic nitrogens is 1. The van der Waals surface area contributed by atoms with E-state index < -0.39 is 0 Å². The Hall–Kier alpha value is -1.72. The van der Waals surface area contributed by atoms with Crippen molar-refractivity contribution in [2.24, 2.45) is 0 Å². The van der Waals surface area contributed by atoms with E-state index in [2.05, 4.69) is 22.4 Å². The number of hydrogen-bond acceptors (Lipinski definition) is 4. The zero-order valence-corrected chi connectivity index (χ0v) is 12.6. The summed E-state index contributed by atoms with van der Waals surface area (Å²) >= 11 is 1.53. The van der Waals surface area contributed by atoms with Gasteiger partial charge < -0.3 is 10.2 Å². The largest absolute Gasteiger partial charge is 0.349 e. The van der Waals surface area contributed by atoms with Gasteiger partial charge in [-0.25, -0.2) is 4.98 Å². The summed E-state index contributed by atoms with van der Waals surface area (Å²) < 4.78 is 0. The monoisotopic (exact) mass is 289 g/mol. The Morgan fingerprint density at radius 3 is 2.75 bits per heavy atom. The average Bonchev–Trinajstić information content (AvgIpc) is 2.88. The number of benzene rings is 1. The molecule has 0 saturated heterocycles. The van der Waals surface area contributed by atoms with Crippen LogP contribution in [0.3, 0.4) is 0 Å². The Balaban J connectivity index is 1.90. The van der Waals surface area contributed by atoms with Crippen molar-refractivity contribution < 1.29 is 4.79 Å². The van der Waals surface area contributed by atoms with Crippen LogP contribution < -0.4 is 5.32 Å². The molecule has 1 aromatic heterocycles. The van der Waals surface area contributed by atoms with E-state index in [9.17, 15) is 4.79 Å². The summed E-state index contributed by atoms with van der Waals surface area (Å²) in [6, 6.07) is 10.2. The van der Waals surface area contributed by atoms with E-state index in [-0.39, 0.29) is 5.91 Å². The lowest BCUT2D eigenvalue weighted by Gasteiger charge is -2.09. The number of rotatable bonds is 6. The molecule has 4 nitrogen and oxygen atoms in total. The van der Waals surface area contributed by atoms with Gasteiger partial charge in [0.1, 0.15) is 5.69 Å². The zero-order valence-electron chi connectivity index (χ0n) is 11.8. The summed E-state index contributed by atoms with van der Waals surface area (Å²) in [4.78, 5) is 18.3. The fourth-order valence-corrected chi connectivity index (χ4v) is 2.56. The SMILES string of the molecule is CN(C)CCNC(=O)c1csc(Cc2ccccc2)n1. The standard InChI is InChI=1S/C15H19N3OS/c1-18(2)9-8-16-15(19)13-11-20-14(17-13)10-12-6-4-3-5-7-12/h3-7,11H,8-10H2,1-2H3,(H,16,19). The lowest BCUT2D eigenvalue weighted by molar-refractivity contribution is 0.0946. The molecule has 0 unspecified atom stereocenters. The second-order valence-electron chi connectivity index (χ2n) is 4.85. The summed E-state index contributed by atoms with van der Waals surface area (Å²) in [5, 5.41) is 5.66. The maximum absolute atomic E-state index is 11.9. The third-order valence-electron chi connectivity index (χ3n) is 2.83. The number of thiazole rings is 1. The van der Waals surface area contributed by atoms with Crippen LogP contribution in [0.15, 0.2) is 35.7 Å². The van der Waals surface area contributed by atoms with Crippen LogP contribution in [-0.4, -0.2) is 43.0 Å². The van der Waals surface area contributed by atoms with Crippen LogP contribution in [0.25, 0.3) is 0 Å². The Bertz CT molecular complexity index is 551. The van der Waals surface area contributed by atoms with Gasteiger partial charge in [0, 0.05) is 24.9 Å². The molecule has 0 atom stereocenters. The smallest absolute Gasteiger partial charge is 0.270 e. The Kier molecular flexibility index (Phi) is 5.26. The van der Waals surface area contributed by atoms with Crippen molar-refractivity contribution in [3.8, 4) is 0 Å². The first kappa shape index (κ1) is 14.7. The molecule has 1 amide bonds. The van der Waals surface area contributed by atoms with Crippen LogP contribution in [0.5, 0.6) is 0 Å². The molecule has 20 heavy (non-hydrogen) atoms. The first-order valence-corrected chi connectivity index (χ1v) is 7.44. The van der Waals surface area contributed by atoms with Gasteiger partial charge in [0.05, 0.1) is 5.01 Å². The molecule has 1 aromatic carbocycles. The Morgan fingerprint density at radius 1 is 1.30 bits per heavy atom. The summed E-state index contributed by atoms with van der Waals surface area (Å²) in [5.41, 5.74) is 1.72. The highest BCUT2D eigenvalue weighted by atomic mass is 32.1. The van der Waals surface area contributed by atoms with E-state index in [1.54, 1.807) is 0 Å². The lowest BCUT2D eigenvalue weighted by Crippen LogP contribution is -2.31. The predicted molar refractivity (Wildman–Crippen MR) is 82.2 cm³/mol. The molecule has 0 aliphatic carbocycles. The Morgan fingerprint density at radius 2 is 2.05 bits per heavy atom. The van der Waals surface area contributed by atoms with E-state index in [1.807, 2.05) is 42.6 Å². The highest BCUT2D eigenvalue weighted by Gasteiger charge is 2.10. The molecule has 0 fully saturated rings. The van der Waals surface area contributed by atoms with E-state index in [0.717, 1.165) is 18.0 Å². The lowest BCUT2D eigenvalue weighted by atomic mass is 10.2. The van der Waals surface area contributed by atoms with Gasteiger partial charge >= 0.3 is 0 Å². The minimum atomic E-state index is -0.0950. The minimum absolute atomic E-state index is 0.0950. The van der Waals surface area contributed by atoms with Crippen LogP contribution >= 0.6 is 11.3 Å². The highest BCUT2D eigenvalue weighted by Crippen LogP contribution is 2.14. The van der Waals surface area contributed by atoms with E-state index in [0.29, 0.717) is 12.2 Å². The first-order valence-electron chi connectivity index (χ1n) is 6.56. The van der Waals surface area contributed by atoms with Crippen LogP contribution in [0.1, 0.15) is 21.1 Å². The summed E-state index contributed by atoms with van der Waals surface area (Å²) in [6.45, 7) is 1.46. The predicted octanol–water partition coefficient (Wildman–Crippen LogP) is 2.03. The van der Waals surface area contributed by atoms with E-state index in [4.69, 9.17) is 0 Å². The fraction of sp³-hybridized carbons (Fsp3) is 0.333. The van der Waals surface area contributed by atoms with Crippen molar-refractivity contribution in [2.75, 3.05) is 27.2 Å². The molecule has 5 heteroatoms. The van der Waals surface area contributed by atoms with Crippen LogP contribution in [0.2, 0.25) is 0 Å². The van der Waals surface area contributed by atoms with Gasteiger partial charge in [0.15, 0.2) is 0 Å². The summed E-state index contributed by atoms with van der Waals surface area (Å²) in [6.07, 6.45) is 0.774. The van der Waals surface area contributed by atoms with Crippen molar-refractivity contribution in [1.82, 2.24) is 15.2 Å². The van der Waals surface area contributed by atoms with Crippen molar-refractivity contribution >= 4 is 17.2 Å². The number of nitrogens with one attached hydrogen (secondary N) is 1. The summed E-state index contributed by atoms with van der Waals surface area (Å²) in [7, 11) is 3.96. The number of likely N-dealkylation sites (N-methyl/N-ethyl adjacent to an activating group) is 1. The summed E-state index contributed by atoms with van der Waals surface area (Å²) in [5.74, 6) is -0.0950. The molecular weight excluding hydrogens is 270 g/mol. The number of nitrogens with zero attached hydrogens (tertiary/aromatic N) is 2. The van der Waals surface area contributed by atoms with Gasteiger partial charge in [0.25, 0.3) is 5.91 Å². The molecule has 1 heterocycles. The second kappa shape index (κ2) is 7.17. The molecule has 0 spiro atoms. The van der Waals surface area contributed by atoms with Gasteiger partial charge in [0.2, 0.25) is 0 Å². The molecule has 0 radical (unpaired) electrons. The van der Waals surface area contributed by atoms with Crippen molar-refractivity contribution in [1.29, 1.82) is 0 Å². The third-order valence-corrected chi connectivity index (χ3v) is 3.68. The maximum atomic E-state index is 11.9. The topological polar surface area (TPSA) is 45.2 Å². The van der Waals surface area contributed by atoms with Crippen molar-refractivity contribution in [2.45, 2.75) is 6.42 Å². The highest BCUT2D eigenvalue weighted by molar-refractivity contribution is 7.09. The van der Waals surface area contributed by atoms with Crippen LogP contribution in [0.4, 0.5) is 0 Å². The molecular formula is C15H19N3OS. The number of amides is 1. The van der Waals surface area contributed by atoms with Gasteiger partial charge in [-0.15, -0.1) is 11.3 Å². The van der Waals surface area contributed by atoms with Crippen LogP contribution in [0, 0.1) is 0 Å². The first-order chi connectivity index (χ1) is 9.65.